The van der Waals surface area contributed by atoms with E-state index in [0.717, 1.165) is 12.8 Å². The summed E-state index contributed by atoms with van der Waals surface area (Å²) in [6.45, 7) is 2.03. The number of benzene rings is 1. The molecule has 0 radical (unpaired) electrons. The van der Waals surface area contributed by atoms with E-state index < -0.39 is 0 Å². The standard InChI is InChI=1S/C12H15NO/c1-2-11(9-6-10-13-14)12-7-4-3-5-8-12/h2-5,7-8,10,14H,6,9H2,1H3/b11-2-,13-10+. The van der Waals surface area contributed by atoms with E-state index in [0.29, 0.717) is 0 Å². The van der Waals surface area contributed by atoms with Crippen molar-refractivity contribution in [3.05, 3.63) is 42.0 Å². The first-order valence-electron chi connectivity index (χ1n) is 4.75. The summed E-state index contributed by atoms with van der Waals surface area (Å²) in [6, 6.07) is 10.2. The summed E-state index contributed by atoms with van der Waals surface area (Å²) in [5.41, 5.74) is 2.52. The summed E-state index contributed by atoms with van der Waals surface area (Å²) in [5, 5.41) is 11.3. The molecule has 0 aliphatic rings. The highest BCUT2D eigenvalue weighted by molar-refractivity contribution is 5.68. The first-order chi connectivity index (χ1) is 6.88. The largest absolute Gasteiger partial charge is 0.411 e. The zero-order valence-corrected chi connectivity index (χ0v) is 8.35. The molecule has 0 aromatic heterocycles. The number of nitrogens with zero attached hydrogens (tertiary/aromatic N) is 1. The van der Waals surface area contributed by atoms with Gasteiger partial charge in [-0.05, 0) is 30.9 Å². The van der Waals surface area contributed by atoms with Gasteiger partial charge in [0.15, 0.2) is 0 Å². The molecular weight excluding hydrogens is 174 g/mol. The topological polar surface area (TPSA) is 32.6 Å². The molecule has 0 aliphatic heterocycles. The SMILES string of the molecule is C/C=C(/CC/C=N/O)c1ccccc1. The van der Waals surface area contributed by atoms with E-state index in [-0.39, 0.29) is 0 Å². The highest BCUT2D eigenvalue weighted by atomic mass is 16.4. The molecule has 0 fully saturated rings. The van der Waals surface area contributed by atoms with Gasteiger partial charge in [0, 0.05) is 6.21 Å². The maximum atomic E-state index is 8.27. The maximum absolute atomic E-state index is 8.27. The van der Waals surface area contributed by atoms with Crippen LogP contribution in [0.5, 0.6) is 0 Å². The van der Waals surface area contributed by atoms with Crippen LogP contribution in [0.4, 0.5) is 0 Å². The van der Waals surface area contributed by atoms with Crippen LogP contribution in [0.1, 0.15) is 25.3 Å². The maximum Gasteiger partial charge on any atom is 0.0439 e. The molecule has 0 bridgehead atoms. The van der Waals surface area contributed by atoms with Crippen LogP contribution in [-0.2, 0) is 0 Å². The Labute approximate surface area is 84.6 Å². The van der Waals surface area contributed by atoms with Gasteiger partial charge < -0.3 is 5.21 Å². The van der Waals surface area contributed by atoms with Gasteiger partial charge in [-0.25, -0.2) is 0 Å². The van der Waals surface area contributed by atoms with Crippen molar-refractivity contribution in [3.8, 4) is 0 Å². The summed E-state index contributed by atoms with van der Waals surface area (Å²) in [4.78, 5) is 0. The molecule has 0 saturated carbocycles. The zero-order valence-electron chi connectivity index (χ0n) is 8.35. The third-order valence-corrected chi connectivity index (χ3v) is 2.12. The predicted octanol–water partition coefficient (Wildman–Crippen LogP) is 3.33. The van der Waals surface area contributed by atoms with Crippen molar-refractivity contribution < 1.29 is 5.21 Å². The van der Waals surface area contributed by atoms with Gasteiger partial charge in [0.05, 0.1) is 0 Å². The Morgan fingerprint density at radius 1 is 1.36 bits per heavy atom. The molecule has 14 heavy (non-hydrogen) atoms. The molecule has 1 N–H and O–H groups in total. The molecule has 0 unspecified atom stereocenters. The molecule has 0 aliphatic carbocycles. The Balaban J connectivity index is 2.65. The third-order valence-electron chi connectivity index (χ3n) is 2.12. The van der Waals surface area contributed by atoms with Gasteiger partial charge in [-0.3, -0.25) is 0 Å². The van der Waals surface area contributed by atoms with Gasteiger partial charge in [0.1, 0.15) is 0 Å². The van der Waals surface area contributed by atoms with Crippen LogP contribution < -0.4 is 0 Å². The fourth-order valence-corrected chi connectivity index (χ4v) is 1.39. The molecule has 1 aromatic carbocycles. The average Bonchev–Trinajstić information content (AvgIpc) is 2.26. The summed E-state index contributed by atoms with van der Waals surface area (Å²) >= 11 is 0. The van der Waals surface area contributed by atoms with E-state index in [9.17, 15) is 0 Å². The zero-order chi connectivity index (χ0) is 10.2. The van der Waals surface area contributed by atoms with Gasteiger partial charge in [-0.2, -0.15) is 0 Å². The Bertz CT molecular complexity index is 314. The van der Waals surface area contributed by atoms with E-state index in [2.05, 4.69) is 23.4 Å². The lowest BCUT2D eigenvalue weighted by atomic mass is 10.0. The quantitative estimate of drug-likeness (QED) is 0.440. The first-order valence-corrected chi connectivity index (χ1v) is 4.75. The second kappa shape index (κ2) is 5.97. The summed E-state index contributed by atoms with van der Waals surface area (Å²) in [6.07, 6.45) is 5.29. The minimum Gasteiger partial charge on any atom is -0.411 e. The molecule has 1 rings (SSSR count). The van der Waals surface area contributed by atoms with Crippen molar-refractivity contribution in [1.82, 2.24) is 0 Å². The van der Waals surface area contributed by atoms with Crippen molar-refractivity contribution in [2.75, 3.05) is 0 Å². The molecule has 0 heterocycles. The highest BCUT2D eigenvalue weighted by Crippen LogP contribution is 2.18. The summed E-state index contributed by atoms with van der Waals surface area (Å²) in [5.74, 6) is 0. The van der Waals surface area contributed by atoms with Crippen molar-refractivity contribution in [2.24, 2.45) is 5.16 Å². The average molecular weight is 189 g/mol. The van der Waals surface area contributed by atoms with Crippen molar-refractivity contribution in [3.63, 3.8) is 0 Å². The number of oxime groups is 1. The fraction of sp³-hybridized carbons (Fsp3) is 0.250. The molecular formula is C12H15NO. The smallest absolute Gasteiger partial charge is 0.0439 e. The van der Waals surface area contributed by atoms with Gasteiger partial charge >= 0.3 is 0 Å². The third kappa shape index (κ3) is 3.05. The van der Waals surface area contributed by atoms with Crippen LogP contribution >= 0.6 is 0 Å². The molecule has 0 amide bonds. The normalized spacial score (nSPS) is 12.2. The molecule has 0 saturated heterocycles. The van der Waals surface area contributed by atoms with E-state index >= 15 is 0 Å². The first kappa shape index (κ1) is 10.5. The van der Waals surface area contributed by atoms with Crippen LogP contribution in [0, 0.1) is 0 Å². The van der Waals surface area contributed by atoms with Crippen LogP contribution in [-0.4, -0.2) is 11.4 Å². The molecule has 0 spiro atoms. The lowest BCUT2D eigenvalue weighted by Gasteiger charge is -2.04. The Morgan fingerprint density at radius 3 is 2.64 bits per heavy atom. The molecule has 0 atom stereocenters. The predicted molar refractivity (Wildman–Crippen MR) is 59.6 cm³/mol. The molecule has 1 aromatic rings. The summed E-state index contributed by atoms with van der Waals surface area (Å²) in [7, 11) is 0. The van der Waals surface area contributed by atoms with E-state index in [1.165, 1.54) is 17.4 Å². The van der Waals surface area contributed by atoms with Crippen molar-refractivity contribution in [1.29, 1.82) is 0 Å². The molecule has 2 heteroatoms. The summed E-state index contributed by atoms with van der Waals surface area (Å²) < 4.78 is 0. The van der Waals surface area contributed by atoms with Crippen molar-refractivity contribution >= 4 is 11.8 Å². The van der Waals surface area contributed by atoms with E-state index in [1.54, 1.807) is 0 Å². The van der Waals surface area contributed by atoms with Crippen LogP contribution in [0.25, 0.3) is 5.57 Å². The van der Waals surface area contributed by atoms with Gasteiger partial charge in [-0.1, -0.05) is 36.4 Å². The van der Waals surface area contributed by atoms with Gasteiger partial charge in [-0.15, -0.1) is 5.16 Å². The number of rotatable bonds is 4. The number of hydrogen-bond acceptors (Lipinski definition) is 2. The van der Waals surface area contributed by atoms with Crippen LogP contribution in [0.15, 0.2) is 41.6 Å². The molecule has 2 nitrogen and oxygen atoms in total. The lowest BCUT2D eigenvalue weighted by Crippen LogP contribution is -1.85. The van der Waals surface area contributed by atoms with Crippen molar-refractivity contribution in [2.45, 2.75) is 19.8 Å². The Morgan fingerprint density at radius 2 is 2.07 bits per heavy atom. The second-order valence-corrected chi connectivity index (χ2v) is 3.02. The molecule has 74 valence electrons. The highest BCUT2D eigenvalue weighted by Gasteiger charge is 1.97. The minimum atomic E-state index is 0.769. The lowest BCUT2D eigenvalue weighted by molar-refractivity contribution is 0.320. The monoisotopic (exact) mass is 189 g/mol. The second-order valence-electron chi connectivity index (χ2n) is 3.02. The van der Waals surface area contributed by atoms with E-state index in [4.69, 9.17) is 5.21 Å². The Hall–Kier alpha value is -1.57. The number of hydrogen-bond donors (Lipinski definition) is 1. The van der Waals surface area contributed by atoms with E-state index in [1.807, 2.05) is 25.1 Å². The van der Waals surface area contributed by atoms with Crippen LogP contribution in [0.3, 0.4) is 0 Å². The number of allylic oxidation sites excluding steroid dienone is 2. The fourth-order valence-electron chi connectivity index (χ4n) is 1.39. The van der Waals surface area contributed by atoms with Crippen LogP contribution in [0.2, 0.25) is 0 Å². The van der Waals surface area contributed by atoms with Gasteiger partial charge in [0.25, 0.3) is 0 Å². The van der Waals surface area contributed by atoms with Gasteiger partial charge in [0.2, 0.25) is 0 Å². The Kier molecular flexibility index (Phi) is 4.48. The minimum absolute atomic E-state index is 0.769.